The van der Waals surface area contributed by atoms with Crippen LogP contribution in [0.5, 0.6) is 5.75 Å². The summed E-state index contributed by atoms with van der Waals surface area (Å²) in [4.78, 5) is 3.72. The Hall–Kier alpha value is -1.58. The summed E-state index contributed by atoms with van der Waals surface area (Å²) in [7, 11) is 3.09. The van der Waals surface area contributed by atoms with Gasteiger partial charge in [-0.25, -0.2) is 0 Å². The maximum atomic E-state index is 13.2. The van der Waals surface area contributed by atoms with Crippen LogP contribution >= 0.6 is 0 Å². The van der Waals surface area contributed by atoms with Crippen molar-refractivity contribution in [1.29, 1.82) is 0 Å². The number of allylic oxidation sites excluding steroid dienone is 1. The lowest BCUT2D eigenvalue weighted by atomic mass is 10.1. The fourth-order valence-corrected chi connectivity index (χ4v) is 1.13. The van der Waals surface area contributed by atoms with Gasteiger partial charge in [-0.05, 0) is 18.6 Å². The maximum Gasteiger partial charge on any atom is 0.257 e. The van der Waals surface area contributed by atoms with Crippen molar-refractivity contribution in [1.82, 2.24) is 4.98 Å². The molecule has 1 rings (SSSR count). The Balaban J connectivity index is 3.32. The third-order valence-electron chi connectivity index (χ3n) is 1.86. The van der Waals surface area contributed by atoms with E-state index in [-0.39, 0.29) is 5.75 Å². The first kappa shape index (κ1) is 10.5. The van der Waals surface area contributed by atoms with Gasteiger partial charge in [0.25, 0.3) is 5.95 Å². The molecule has 0 fully saturated rings. The zero-order valence-electron chi connectivity index (χ0n) is 8.52. The number of hydrogen-bond donors (Lipinski definition) is 1. The van der Waals surface area contributed by atoms with Crippen molar-refractivity contribution < 1.29 is 9.13 Å². The first-order chi connectivity index (χ1) is 6.60. The van der Waals surface area contributed by atoms with E-state index in [0.717, 1.165) is 11.1 Å². The molecule has 76 valence electrons. The Kier molecular flexibility index (Phi) is 3.06. The highest BCUT2D eigenvalue weighted by molar-refractivity contribution is 5.72. The number of nitrogens with one attached hydrogen (secondary N) is 1. The van der Waals surface area contributed by atoms with E-state index in [1.54, 1.807) is 13.1 Å². The highest BCUT2D eigenvalue weighted by Crippen LogP contribution is 2.26. The molecule has 0 aromatic carbocycles. The molecule has 0 bridgehead atoms. The maximum absolute atomic E-state index is 13.2. The molecule has 14 heavy (non-hydrogen) atoms. The predicted octanol–water partition coefficient (Wildman–Crippen LogP) is 2.30. The third-order valence-corrected chi connectivity index (χ3v) is 1.86. The molecule has 3 nitrogen and oxygen atoms in total. The van der Waals surface area contributed by atoms with Crippen LogP contribution in [0.1, 0.15) is 12.5 Å². The molecule has 0 aliphatic carbocycles. The molecule has 0 unspecified atom stereocenters. The van der Waals surface area contributed by atoms with E-state index in [1.807, 2.05) is 6.92 Å². The number of hydrogen-bond acceptors (Lipinski definition) is 3. The summed E-state index contributed by atoms with van der Waals surface area (Å²) in [6.07, 6.45) is 0. The SMILES string of the molecule is C=C(C)c1cc(OC)c(F)nc1NC. The Morgan fingerprint density at radius 1 is 1.64 bits per heavy atom. The van der Waals surface area contributed by atoms with Gasteiger partial charge >= 0.3 is 0 Å². The number of anilines is 1. The van der Waals surface area contributed by atoms with Gasteiger partial charge in [0.1, 0.15) is 5.82 Å². The van der Waals surface area contributed by atoms with E-state index in [0.29, 0.717) is 5.82 Å². The lowest BCUT2D eigenvalue weighted by Crippen LogP contribution is -2.01. The van der Waals surface area contributed by atoms with Crippen LogP contribution in [0.3, 0.4) is 0 Å². The zero-order valence-corrected chi connectivity index (χ0v) is 8.52. The fraction of sp³-hybridized carbons (Fsp3) is 0.300. The summed E-state index contributed by atoms with van der Waals surface area (Å²) in [5, 5.41) is 2.80. The molecule has 4 heteroatoms. The molecule has 0 spiro atoms. The van der Waals surface area contributed by atoms with E-state index < -0.39 is 5.95 Å². The van der Waals surface area contributed by atoms with E-state index in [9.17, 15) is 4.39 Å². The lowest BCUT2D eigenvalue weighted by Gasteiger charge is -2.10. The minimum atomic E-state index is -0.623. The molecular weight excluding hydrogens is 183 g/mol. The molecule has 1 aromatic heterocycles. The molecule has 0 saturated heterocycles. The van der Waals surface area contributed by atoms with Gasteiger partial charge in [0.05, 0.1) is 7.11 Å². The third kappa shape index (κ3) is 1.84. The van der Waals surface area contributed by atoms with Gasteiger partial charge in [0.15, 0.2) is 5.75 Å². The largest absolute Gasteiger partial charge is 0.492 e. The van der Waals surface area contributed by atoms with E-state index >= 15 is 0 Å². The molecule has 1 heterocycles. The quantitative estimate of drug-likeness (QED) is 0.753. The van der Waals surface area contributed by atoms with Crippen LogP contribution in [-0.2, 0) is 0 Å². The summed E-state index contributed by atoms with van der Waals surface area (Å²) >= 11 is 0. The first-order valence-corrected chi connectivity index (χ1v) is 4.18. The second kappa shape index (κ2) is 4.09. The number of pyridine rings is 1. The molecule has 0 aliphatic heterocycles. The van der Waals surface area contributed by atoms with Crippen LogP contribution in [-0.4, -0.2) is 19.1 Å². The lowest BCUT2D eigenvalue weighted by molar-refractivity contribution is 0.378. The summed E-state index contributed by atoms with van der Waals surface area (Å²) in [5.41, 5.74) is 1.56. The van der Waals surface area contributed by atoms with Crippen LogP contribution in [0, 0.1) is 5.95 Å². The Labute approximate surface area is 82.6 Å². The number of nitrogens with zero attached hydrogens (tertiary/aromatic N) is 1. The molecule has 0 saturated carbocycles. The Morgan fingerprint density at radius 2 is 2.29 bits per heavy atom. The number of halogens is 1. The van der Waals surface area contributed by atoms with Crippen LogP contribution < -0.4 is 10.1 Å². The van der Waals surface area contributed by atoms with E-state index in [1.165, 1.54) is 7.11 Å². The predicted molar refractivity (Wildman–Crippen MR) is 55.0 cm³/mol. The normalized spacial score (nSPS) is 9.71. The fourth-order valence-electron chi connectivity index (χ4n) is 1.13. The average Bonchev–Trinajstić information content (AvgIpc) is 2.16. The van der Waals surface area contributed by atoms with Crippen molar-refractivity contribution in [3.8, 4) is 5.75 Å². The number of rotatable bonds is 3. The number of ether oxygens (including phenoxy) is 1. The second-order valence-corrected chi connectivity index (χ2v) is 2.91. The Bertz CT molecular complexity index is 363. The molecule has 0 aliphatic rings. The van der Waals surface area contributed by atoms with Gasteiger partial charge in [-0.2, -0.15) is 9.37 Å². The monoisotopic (exact) mass is 196 g/mol. The molecular formula is C10H13FN2O. The summed E-state index contributed by atoms with van der Waals surface area (Å²) in [6, 6.07) is 1.58. The number of methoxy groups -OCH3 is 1. The van der Waals surface area contributed by atoms with Crippen LogP contribution in [0.4, 0.5) is 10.2 Å². The summed E-state index contributed by atoms with van der Waals surface area (Å²) < 4.78 is 18.0. The van der Waals surface area contributed by atoms with Crippen molar-refractivity contribution in [2.24, 2.45) is 0 Å². The average molecular weight is 196 g/mol. The van der Waals surface area contributed by atoms with Gasteiger partial charge in [0, 0.05) is 12.6 Å². The summed E-state index contributed by atoms with van der Waals surface area (Å²) in [6.45, 7) is 5.61. The molecule has 0 amide bonds. The van der Waals surface area contributed by atoms with E-state index in [4.69, 9.17) is 4.74 Å². The Morgan fingerprint density at radius 3 is 2.71 bits per heavy atom. The topological polar surface area (TPSA) is 34.1 Å². The smallest absolute Gasteiger partial charge is 0.257 e. The van der Waals surface area contributed by atoms with Gasteiger partial charge < -0.3 is 10.1 Å². The van der Waals surface area contributed by atoms with Crippen LogP contribution in [0.2, 0.25) is 0 Å². The molecule has 0 atom stereocenters. The minimum absolute atomic E-state index is 0.127. The highest BCUT2D eigenvalue weighted by atomic mass is 19.1. The van der Waals surface area contributed by atoms with Gasteiger partial charge in [-0.3, -0.25) is 0 Å². The van der Waals surface area contributed by atoms with Gasteiger partial charge in [0.2, 0.25) is 0 Å². The highest BCUT2D eigenvalue weighted by Gasteiger charge is 2.11. The summed E-state index contributed by atoms with van der Waals surface area (Å²) in [5.74, 6) is -0.0281. The molecule has 0 radical (unpaired) electrons. The van der Waals surface area contributed by atoms with Crippen molar-refractivity contribution in [2.45, 2.75) is 6.92 Å². The standard InChI is InChI=1S/C10H13FN2O/c1-6(2)7-5-8(14-4)9(11)13-10(7)12-3/h5H,1H2,2-4H3,(H,12,13). The van der Waals surface area contributed by atoms with Gasteiger partial charge in [-0.1, -0.05) is 6.58 Å². The zero-order chi connectivity index (χ0) is 10.7. The van der Waals surface area contributed by atoms with Crippen molar-refractivity contribution in [3.05, 3.63) is 24.2 Å². The first-order valence-electron chi connectivity index (χ1n) is 4.18. The second-order valence-electron chi connectivity index (χ2n) is 2.91. The van der Waals surface area contributed by atoms with Crippen molar-refractivity contribution >= 4 is 11.4 Å². The number of aromatic nitrogens is 1. The van der Waals surface area contributed by atoms with E-state index in [2.05, 4.69) is 16.9 Å². The van der Waals surface area contributed by atoms with Crippen molar-refractivity contribution in [2.75, 3.05) is 19.5 Å². The van der Waals surface area contributed by atoms with Gasteiger partial charge in [-0.15, -0.1) is 0 Å². The molecule has 1 N–H and O–H groups in total. The van der Waals surface area contributed by atoms with Crippen molar-refractivity contribution in [3.63, 3.8) is 0 Å². The molecule has 1 aromatic rings. The van der Waals surface area contributed by atoms with Crippen LogP contribution in [0.25, 0.3) is 5.57 Å². The minimum Gasteiger partial charge on any atom is -0.492 e. The van der Waals surface area contributed by atoms with Crippen LogP contribution in [0.15, 0.2) is 12.6 Å².